The molecular formula is C6H3N4. The Kier molecular flexibility index (Phi) is 1.39. The molecule has 1 rings (SSSR count). The molecule has 10 heavy (non-hydrogen) atoms. The van der Waals surface area contributed by atoms with Crippen molar-refractivity contribution >= 4 is 0 Å². The molecule has 0 atom stereocenters. The molecule has 0 aromatic carbocycles. The van der Waals surface area contributed by atoms with Crippen molar-refractivity contribution in [2.24, 2.45) is 7.05 Å². The summed E-state index contributed by atoms with van der Waals surface area (Å²) in [6.45, 7) is 0. The number of nitriles is 2. The molecule has 0 aliphatic rings. The van der Waals surface area contributed by atoms with E-state index in [2.05, 4.69) is 11.3 Å². The SMILES string of the molecule is Cn1[c]nc(C#N)c1C#N. The van der Waals surface area contributed by atoms with E-state index in [1.54, 1.807) is 13.1 Å². The van der Waals surface area contributed by atoms with Crippen LogP contribution in [0.4, 0.5) is 0 Å². The van der Waals surface area contributed by atoms with Gasteiger partial charge in [-0.05, 0) is 0 Å². The zero-order chi connectivity index (χ0) is 7.56. The van der Waals surface area contributed by atoms with Gasteiger partial charge in [-0.25, -0.2) is 4.98 Å². The third-order valence-corrected chi connectivity index (χ3v) is 1.08. The van der Waals surface area contributed by atoms with Gasteiger partial charge in [-0.2, -0.15) is 10.5 Å². The molecule has 4 heteroatoms. The zero-order valence-electron chi connectivity index (χ0n) is 5.29. The van der Waals surface area contributed by atoms with Crippen molar-refractivity contribution in [1.29, 1.82) is 10.5 Å². The molecule has 1 radical (unpaired) electrons. The highest BCUT2D eigenvalue weighted by Gasteiger charge is 2.05. The van der Waals surface area contributed by atoms with E-state index >= 15 is 0 Å². The van der Waals surface area contributed by atoms with E-state index in [0.29, 0.717) is 0 Å². The smallest absolute Gasteiger partial charge is 0.178 e. The zero-order valence-corrected chi connectivity index (χ0v) is 5.29. The molecule has 0 amide bonds. The van der Waals surface area contributed by atoms with E-state index in [1.165, 1.54) is 4.57 Å². The normalized spacial score (nSPS) is 8.30. The van der Waals surface area contributed by atoms with Crippen LogP contribution >= 0.6 is 0 Å². The number of imidazole rings is 1. The Morgan fingerprint density at radius 3 is 2.60 bits per heavy atom. The molecule has 0 N–H and O–H groups in total. The molecule has 0 aliphatic carbocycles. The first-order valence-corrected chi connectivity index (χ1v) is 2.54. The fourth-order valence-corrected chi connectivity index (χ4v) is 0.593. The Bertz CT molecular complexity index is 322. The Hall–Kier alpha value is -1.81. The standard InChI is InChI=1S/C6H3N4/c1-10-4-9-5(2-7)6(10)3-8/h1H3. The van der Waals surface area contributed by atoms with Gasteiger partial charge in [0.15, 0.2) is 17.7 Å². The van der Waals surface area contributed by atoms with Crippen LogP contribution in [0.2, 0.25) is 0 Å². The average molecular weight is 131 g/mol. The lowest BCUT2D eigenvalue weighted by Crippen LogP contribution is -1.90. The van der Waals surface area contributed by atoms with Crippen molar-refractivity contribution in [2.45, 2.75) is 0 Å². The van der Waals surface area contributed by atoms with Crippen molar-refractivity contribution in [3.63, 3.8) is 0 Å². The highest BCUT2D eigenvalue weighted by atomic mass is 15.0. The maximum atomic E-state index is 8.44. The Balaban J connectivity index is 3.34. The van der Waals surface area contributed by atoms with E-state index in [9.17, 15) is 0 Å². The topological polar surface area (TPSA) is 65.4 Å². The van der Waals surface area contributed by atoms with E-state index in [-0.39, 0.29) is 11.4 Å². The Labute approximate surface area is 58.0 Å². The number of hydrogen-bond acceptors (Lipinski definition) is 3. The van der Waals surface area contributed by atoms with Gasteiger partial charge >= 0.3 is 0 Å². The first-order valence-electron chi connectivity index (χ1n) is 2.54. The molecule has 1 heterocycles. The summed E-state index contributed by atoms with van der Waals surface area (Å²) >= 11 is 0. The summed E-state index contributed by atoms with van der Waals surface area (Å²) in [4.78, 5) is 3.56. The van der Waals surface area contributed by atoms with Gasteiger partial charge in [0.1, 0.15) is 12.1 Å². The monoisotopic (exact) mass is 131 g/mol. The van der Waals surface area contributed by atoms with Crippen molar-refractivity contribution in [3.05, 3.63) is 17.7 Å². The molecule has 0 bridgehead atoms. The second kappa shape index (κ2) is 2.20. The maximum Gasteiger partial charge on any atom is 0.178 e. The second-order valence-corrected chi connectivity index (χ2v) is 1.69. The molecule has 0 unspecified atom stereocenters. The molecule has 1 aromatic heterocycles. The number of aromatic nitrogens is 2. The van der Waals surface area contributed by atoms with Crippen LogP contribution in [0.3, 0.4) is 0 Å². The van der Waals surface area contributed by atoms with Crippen LogP contribution in [0.25, 0.3) is 0 Å². The molecule has 4 nitrogen and oxygen atoms in total. The maximum absolute atomic E-state index is 8.44. The van der Waals surface area contributed by atoms with Gasteiger partial charge in [0.05, 0.1) is 0 Å². The van der Waals surface area contributed by atoms with Gasteiger partial charge in [-0.15, -0.1) is 0 Å². The predicted octanol–water partition coefficient (Wildman–Crippen LogP) is -0.0364. The summed E-state index contributed by atoms with van der Waals surface area (Å²) < 4.78 is 1.39. The van der Waals surface area contributed by atoms with Crippen molar-refractivity contribution in [3.8, 4) is 12.1 Å². The fraction of sp³-hybridized carbons (Fsp3) is 0.167. The van der Waals surface area contributed by atoms with Gasteiger partial charge in [0.25, 0.3) is 0 Å². The first-order chi connectivity index (χ1) is 4.79. The van der Waals surface area contributed by atoms with E-state index in [0.717, 1.165) is 0 Å². The van der Waals surface area contributed by atoms with Gasteiger partial charge in [0.2, 0.25) is 0 Å². The van der Waals surface area contributed by atoms with E-state index in [1.807, 2.05) is 6.07 Å². The summed E-state index contributed by atoms with van der Waals surface area (Å²) in [6, 6.07) is 3.62. The highest BCUT2D eigenvalue weighted by molar-refractivity contribution is 5.35. The predicted molar refractivity (Wildman–Crippen MR) is 31.5 cm³/mol. The van der Waals surface area contributed by atoms with Crippen LogP contribution in [0.15, 0.2) is 0 Å². The van der Waals surface area contributed by atoms with E-state index in [4.69, 9.17) is 10.5 Å². The van der Waals surface area contributed by atoms with Gasteiger partial charge < -0.3 is 4.57 Å². The van der Waals surface area contributed by atoms with Crippen LogP contribution in [0, 0.1) is 29.0 Å². The van der Waals surface area contributed by atoms with Crippen molar-refractivity contribution in [1.82, 2.24) is 9.55 Å². The average Bonchev–Trinajstić information content (AvgIpc) is 2.30. The fourth-order valence-electron chi connectivity index (χ4n) is 0.593. The minimum Gasteiger partial charge on any atom is -0.315 e. The largest absolute Gasteiger partial charge is 0.315 e. The molecule has 0 aliphatic heterocycles. The van der Waals surface area contributed by atoms with Gasteiger partial charge in [-0.1, -0.05) is 0 Å². The number of hydrogen-bond donors (Lipinski definition) is 0. The van der Waals surface area contributed by atoms with Crippen molar-refractivity contribution < 1.29 is 0 Å². The summed E-state index contributed by atoms with van der Waals surface area (Å²) in [6.07, 6.45) is 2.46. The van der Waals surface area contributed by atoms with Crippen LogP contribution in [0.1, 0.15) is 11.4 Å². The third-order valence-electron chi connectivity index (χ3n) is 1.08. The van der Waals surface area contributed by atoms with Crippen LogP contribution in [-0.4, -0.2) is 9.55 Å². The van der Waals surface area contributed by atoms with Crippen LogP contribution < -0.4 is 0 Å². The molecule has 0 saturated heterocycles. The molecule has 1 aromatic rings. The number of aryl methyl sites for hydroxylation is 1. The summed E-state index contributed by atoms with van der Waals surface area (Å²) in [5, 5.41) is 16.8. The van der Waals surface area contributed by atoms with Crippen LogP contribution in [-0.2, 0) is 7.05 Å². The van der Waals surface area contributed by atoms with Crippen LogP contribution in [0.5, 0.6) is 0 Å². The summed E-state index contributed by atoms with van der Waals surface area (Å²) in [7, 11) is 1.62. The molecule has 0 saturated carbocycles. The lowest BCUT2D eigenvalue weighted by molar-refractivity contribution is 0.886. The quantitative estimate of drug-likeness (QED) is 0.496. The first kappa shape index (κ1) is 6.31. The summed E-state index contributed by atoms with van der Waals surface area (Å²) in [5.74, 6) is 0. The Morgan fingerprint density at radius 1 is 1.50 bits per heavy atom. The summed E-state index contributed by atoms with van der Waals surface area (Å²) in [5.41, 5.74) is 0.382. The lowest BCUT2D eigenvalue weighted by Gasteiger charge is -1.85. The molecule has 0 spiro atoms. The Morgan fingerprint density at radius 2 is 2.20 bits per heavy atom. The van der Waals surface area contributed by atoms with E-state index < -0.39 is 0 Å². The number of nitrogens with zero attached hydrogens (tertiary/aromatic N) is 4. The molecule has 0 fully saturated rings. The minimum absolute atomic E-state index is 0.130. The second-order valence-electron chi connectivity index (χ2n) is 1.69. The van der Waals surface area contributed by atoms with Gasteiger partial charge in [-0.3, -0.25) is 0 Å². The molecular weight excluding hydrogens is 128 g/mol. The third kappa shape index (κ3) is 0.723. The highest BCUT2D eigenvalue weighted by Crippen LogP contribution is 2.00. The minimum atomic E-state index is 0.130. The lowest BCUT2D eigenvalue weighted by atomic mass is 10.4. The molecule has 47 valence electrons. The number of rotatable bonds is 0. The van der Waals surface area contributed by atoms with Gasteiger partial charge in [0, 0.05) is 7.05 Å². The van der Waals surface area contributed by atoms with Crippen molar-refractivity contribution in [2.75, 3.05) is 0 Å².